The molecule has 154 valence electrons. The third kappa shape index (κ3) is 7.51. The number of carboxylic acid groups (broad SMARTS) is 1. The van der Waals surface area contributed by atoms with Crippen LogP contribution < -0.4 is 10.6 Å². The summed E-state index contributed by atoms with van der Waals surface area (Å²) in [5.74, 6) is -1.94. The van der Waals surface area contributed by atoms with Gasteiger partial charge < -0.3 is 15.7 Å². The lowest BCUT2D eigenvalue weighted by Gasteiger charge is -2.16. The molecule has 0 spiro atoms. The first-order valence-corrected chi connectivity index (χ1v) is 10.2. The van der Waals surface area contributed by atoms with Crippen LogP contribution in [-0.4, -0.2) is 28.9 Å². The normalized spacial score (nSPS) is 12.7. The van der Waals surface area contributed by atoms with E-state index < -0.39 is 17.9 Å². The van der Waals surface area contributed by atoms with Crippen LogP contribution in [0.5, 0.6) is 0 Å². The van der Waals surface area contributed by atoms with Crippen LogP contribution in [0, 0.1) is 0 Å². The minimum Gasteiger partial charge on any atom is -0.480 e. The summed E-state index contributed by atoms with van der Waals surface area (Å²) in [6.07, 6.45) is -0.0660. The van der Waals surface area contributed by atoms with Crippen LogP contribution in [0.2, 0.25) is 5.02 Å². The van der Waals surface area contributed by atoms with E-state index in [1.165, 1.54) is 0 Å². The van der Waals surface area contributed by atoms with Crippen LogP contribution >= 0.6 is 27.5 Å². The molecule has 0 bridgehead atoms. The Morgan fingerprint density at radius 2 is 1.66 bits per heavy atom. The van der Waals surface area contributed by atoms with Gasteiger partial charge in [0, 0.05) is 28.8 Å². The molecule has 29 heavy (non-hydrogen) atoms. The predicted molar refractivity (Wildman–Crippen MR) is 115 cm³/mol. The standard InChI is InChI=1S/C21H22BrClN2O4/c1-13(14-5-3-2-4-6-14)24-19(26)9-10-20(27)25-18(21(28)29)12-15-11-16(23)7-8-17(15)22/h2-8,11,13,18H,9-10,12H2,1H3,(H,24,26)(H,25,27)(H,28,29)/t13-,18-/m1/s1. The zero-order chi connectivity index (χ0) is 21.4. The monoisotopic (exact) mass is 480 g/mol. The van der Waals surface area contributed by atoms with E-state index >= 15 is 0 Å². The Labute approximate surface area is 182 Å². The Bertz CT molecular complexity index is 876. The molecule has 0 fully saturated rings. The van der Waals surface area contributed by atoms with Crippen molar-refractivity contribution in [3.63, 3.8) is 0 Å². The smallest absolute Gasteiger partial charge is 0.326 e. The lowest BCUT2D eigenvalue weighted by Crippen LogP contribution is -2.42. The molecular weight excluding hydrogens is 460 g/mol. The van der Waals surface area contributed by atoms with Crippen LogP contribution in [0.1, 0.15) is 36.9 Å². The average Bonchev–Trinajstić information content (AvgIpc) is 2.69. The highest BCUT2D eigenvalue weighted by Gasteiger charge is 2.22. The van der Waals surface area contributed by atoms with Crippen LogP contribution in [0.3, 0.4) is 0 Å². The fourth-order valence-corrected chi connectivity index (χ4v) is 3.36. The van der Waals surface area contributed by atoms with Gasteiger partial charge in [-0.1, -0.05) is 57.9 Å². The van der Waals surface area contributed by atoms with Gasteiger partial charge in [0.15, 0.2) is 0 Å². The molecule has 6 nitrogen and oxygen atoms in total. The third-order valence-corrected chi connectivity index (χ3v) is 5.33. The molecule has 0 saturated carbocycles. The molecule has 8 heteroatoms. The van der Waals surface area contributed by atoms with E-state index in [4.69, 9.17) is 11.6 Å². The molecule has 0 aliphatic rings. The van der Waals surface area contributed by atoms with Gasteiger partial charge in [0.25, 0.3) is 0 Å². The van der Waals surface area contributed by atoms with Gasteiger partial charge in [-0.05, 0) is 36.2 Å². The van der Waals surface area contributed by atoms with Gasteiger partial charge in [0.2, 0.25) is 11.8 Å². The van der Waals surface area contributed by atoms with Gasteiger partial charge in [0.1, 0.15) is 6.04 Å². The minimum atomic E-state index is -1.16. The Morgan fingerprint density at radius 1 is 1.03 bits per heavy atom. The second-order valence-electron chi connectivity index (χ2n) is 6.60. The van der Waals surface area contributed by atoms with E-state index in [9.17, 15) is 19.5 Å². The summed E-state index contributed by atoms with van der Waals surface area (Å²) in [6.45, 7) is 1.86. The van der Waals surface area contributed by atoms with Crippen molar-refractivity contribution in [2.45, 2.75) is 38.3 Å². The number of hydrogen-bond donors (Lipinski definition) is 3. The second-order valence-corrected chi connectivity index (χ2v) is 7.89. The first-order chi connectivity index (χ1) is 13.8. The molecule has 2 rings (SSSR count). The molecule has 0 heterocycles. The number of aliphatic carboxylic acids is 1. The SMILES string of the molecule is C[C@@H](NC(=O)CCC(=O)N[C@H](Cc1cc(Cl)ccc1Br)C(=O)O)c1ccccc1. The first-order valence-electron chi connectivity index (χ1n) is 9.06. The van der Waals surface area contributed by atoms with Crippen molar-refractivity contribution in [1.82, 2.24) is 10.6 Å². The summed E-state index contributed by atoms with van der Waals surface area (Å²) in [6, 6.07) is 13.2. The largest absolute Gasteiger partial charge is 0.480 e. The fourth-order valence-electron chi connectivity index (χ4n) is 2.75. The third-order valence-electron chi connectivity index (χ3n) is 4.32. The Morgan fingerprint density at radius 3 is 2.28 bits per heavy atom. The number of rotatable bonds is 9. The minimum absolute atomic E-state index is 0.0315. The zero-order valence-electron chi connectivity index (χ0n) is 15.8. The predicted octanol–water partition coefficient (Wildman–Crippen LogP) is 3.87. The molecule has 3 N–H and O–H groups in total. The van der Waals surface area contributed by atoms with Crippen LogP contribution in [0.25, 0.3) is 0 Å². The molecule has 0 saturated heterocycles. The highest BCUT2D eigenvalue weighted by atomic mass is 79.9. The van der Waals surface area contributed by atoms with E-state index in [1.54, 1.807) is 18.2 Å². The molecule has 2 aromatic carbocycles. The van der Waals surface area contributed by atoms with Gasteiger partial charge in [-0.25, -0.2) is 4.79 Å². The van der Waals surface area contributed by atoms with E-state index in [0.717, 1.165) is 5.56 Å². The second kappa shape index (κ2) is 11.0. The van der Waals surface area contributed by atoms with Gasteiger partial charge in [-0.2, -0.15) is 0 Å². The van der Waals surface area contributed by atoms with Gasteiger partial charge in [0.05, 0.1) is 6.04 Å². The number of nitrogens with one attached hydrogen (secondary N) is 2. The van der Waals surface area contributed by atoms with E-state index in [2.05, 4.69) is 26.6 Å². The van der Waals surface area contributed by atoms with Crippen molar-refractivity contribution in [3.8, 4) is 0 Å². The van der Waals surface area contributed by atoms with Crippen molar-refractivity contribution in [2.24, 2.45) is 0 Å². The van der Waals surface area contributed by atoms with Crippen LogP contribution in [-0.2, 0) is 20.8 Å². The molecule has 2 aromatic rings. The highest BCUT2D eigenvalue weighted by Crippen LogP contribution is 2.22. The number of carboxylic acids is 1. The Kier molecular flexibility index (Phi) is 8.67. The van der Waals surface area contributed by atoms with E-state index in [-0.39, 0.29) is 31.2 Å². The molecule has 0 unspecified atom stereocenters. The number of benzene rings is 2. The first kappa shape index (κ1) is 22.9. The molecule has 0 radical (unpaired) electrons. The van der Waals surface area contributed by atoms with Gasteiger partial charge in [-0.15, -0.1) is 0 Å². The van der Waals surface area contributed by atoms with Crippen molar-refractivity contribution < 1.29 is 19.5 Å². The number of carbonyl (C=O) groups is 3. The summed E-state index contributed by atoms with van der Waals surface area (Å²) in [7, 11) is 0. The number of carbonyl (C=O) groups excluding carboxylic acids is 2. The molecular formula is C21H22BrClN2O4. The van der Waals surface area contributed by atoms with Crippen molar-refractivity contribution >= 4 is 45.3 Å². The van der Waals surface area contributed by atoms with Crippen molar-refractivity contribution in [1.29, 1.82) is 0 Å². The summed E-state index contributed by atoms with van der Waals surface area (Å²) in [4.78, 5) is 35.8. The van der Waals surface area contributed by atoms with Crippen molar-refractivity contribution in [3.05, 3.63) is 69.2 Å². The maximum atomic E-state index is 12.2. The van der Waals surface area contributed by atoms with Gasteiger partial charge in [-0.3, -0.25) is 9.59 Å². The van der Waals surface area contributed by atoms with E-state index in [1.807, 2.05) is 37.3 Å². The lowest BCUT2D eigenvalue weighted by molar-refractivity contribution is -0.141. The maximum Gasteiger partial charge on any atom is 0.326 e. The summed E-state index contributed by atoms with van der Waals surface area (Å²) < 4.78 is 0.705. The summed E-state index contributed by atoms with van der Waals surface area (Å²) >= 11 is 9.30. The van der Waals surface area contributed by atoms with Crippen LogP contribution in [0.4, 0.5) is 0 Å². The molecule has 2 atom stereocenters. The molecule has 0 aromatic heterocycles. The van der Waals surface area contributed by atoms with E-state index in [0.29, 0.717) is 15.1 Å². The quantitative estimate of drug-likeness (QED) is 0.507. The number of hydrogen-bond acceptors (Lipinski definition) is 3. The number of halogens is 2. The highest BCUT2D eigenvalue weighted by molar-refractivity contribution is 9.10. The average molecular weight is 482 g/mol. The molecule has 0 aliphatic carbocycles. The van der Waals surface area contributed by atoms with Crippen LogP contribution in [0.15, 0.2) is 53.0 Å². The lowest BCUT2D eigenvalue weighted by atomic mass is 10.1. The molecule has 2 amide bonds. The van der Waals surface area contributed by atoms with Crippen molar-refractivity contribution in [2.75, 3.05) is 0 Å². The molecule has 0 aliphatic heterocycles. The fraction of sp³-hybridized carbons (Fsp3) is 0.286. The maximum absolute atomic E-state index is 12.2. The summed E-state index contributed by atoms with van der Waals surface area (Å²) in [5, 5.41) is 15.2. The topological polar surface area (TPSA) is 95.5 Å². The summed E-state index contributed by atoms with van der Waals surface area (Å²) in [5.41, 5.74) is 1.63. The Balaban J connectivity index is 1.86. The zero-order valence-corrected chi connectivity index (χ0v) is 18.2. The number of amides is 2. The van der Waals surface area contributed by atoms with Gasteiger partial charge >= 0.3 is 5.97 Å². The Hall–Kier alpha value is -2.38.